The van der Waals surface area contributed by atoms with Gasteiger partial charge in [0.25, 0.3) is 0 Å². The van der Waals surface area contributed by atoms with Gasteiger partial charge in [-0.2, -0.15) is 0 Å². The van der Waals surface area contributed by atoms with Crippen molar-refractivity contribution in [3.8, 4) is 5.75 Å². The van der Waals surface area contributed by atoms with Crippen molar-refractivity contribution in [1.82, 2.24) is 14.7 Å². The molecule has 1 unspecified atom stereocenters. The minimum atomic E-state index is -0.405. The number of amides is 3. The van der Waals surface area contributed by atoms with Gasteiger partial charge in [-0.3, -0.25) is 9.69 Å². The van der Waals surface area contributed by atoms with Gasteiger partial charge in [0.05, 0.1) is 25.7 Å². The lowest BCUT2D eigenvalue weighted by molar-refractivity contribution is -0.135. The topological polar surface area (TPSA) is 74.3 Å². The summed E-state index contributed by atoms with van der Waals surface area (Å²) in [5.41, 5.74) is 1.31. The van der Waals surface area contributed by atoms with Crippen LogP contribution in [-0.4, -0.2) is 92.8 Å². The van der Waals surface area contributed by atoms with Crippen molar-refractivity contribution in [2.45, 2.75) is 19.8 Å². The summed E-state index contributed by atoms with van der Waals surface area (Å²) in [6.45, 7) is 8.92. The fourth-order valence-electron chi connectivity index (χ4n) is 4.72. The molecule has 1 N–H and O–H groups in total. The van der Waals surface area contributed by atoms with Crippen LogP contribution < -0.4 is 10.1 Å². The molecule has 164 valence electrons. The molecule has 1 aromatic rings. The van der Waals surface area contributed by atoms with Gasteiger partial charge < -0.3 is 24.6 Å². The van der Waals surface area contributed by atoms with Crippen molar-refractivity contribution in [2.24, 2.45) is 5.41 Å². The highest BCUT2D eigenvalue weighted by atomic mass is 16.5. The number of carbonyl (C=O) groups is 2. The Morgan fingerprint density at radius 1 is 1.17 bits per heavy atom. The van der Waals surface area contributed by atoms with Crippen LogP contribution in [0.1, 0.15) is 18.4 Å². The Morgan fingerprint density at radius 2 is 1.93 bits per heavy atom. The van der Waals surface area contributed by atoms with Crippen molar-refractivity contribution >= 4 is 17.6 Å². The molecule has 0 radical (unpaired) electrons. The highest BCUT2D eigenvalue weighted by molar-refractivity contribution is 5.92. The molecular formula is C22H32N4O4. The molecule has 1 aromatic carbocycles. The molecule has 0 aliphatic carbocycles. The molecular weight excluding hydrogens is 384 g/mol. The molecule has 3 amide bonds. The van der Waals surface area contributed by atoms with E-state index in [1.807, 2.05) is 30.0 Å². The van der Waals surface area contributed by atoms with Gasteiger partial charge in [-0.05, 0) is 43.5 Å². The Kier molecular flexibility index (Phi) is 6.15. The normalized spacial score (nSPS) is 24.7. The Labute approximate surface area is 178 Å². The van der Waals surface area contributed by atoms with Gasteiger partial charge >= 0.3 is 6.03 Å². The quantitative estimate of drug-likeness (QED) is 0.792. The summed E-state index contributed by atoms with van der Waals surface area (Å²) in [5, 5.41) is 2.99. The first-order valence-corrected chi connectivity index (χ1v) is 10.8. The lowest BCUT2D eigenvalue weighted by Gasteiger charge is -2.29. The maximum absolute atomic E-state index is 13.2. The highest BCUT2D eigenvalue weighted by Crippen LogP contribution is 2.40. The summed E-state index contributed by atoms with van der Waals surface area (Å²) in [6.07, 6.45) is 1.58. The third-order valence-corrected chi connectivity index (χ3v) is 6.71. The largest absolute Gasteiger partial charge is 0.497 e. The van der Waals surface area contributed by atoms with Crippen LogP contribution in [0.2, 0.25) is 0 Å². The Morgan fingerprint density at radius 3 is 2.67 bits per heavy atom. The van der Waals surface area contributed by atoms with Crippen LogP contribution in [0.4, 0.5) is 10.5 Å². The number of nitrogens with zero attached hydrogens (tertiary/aromatic N) is 3. The van der Waals surface area contributed by atoms with Crippen LogP contribution >= 0.6 is 0 Å². The maximum Gasteiger partial charge on any atom is 0.321 e. The number of ether oxygens (including phenoxy) is 2. The molecule has 3 fully saturated rings. The lowest BCUT2D eigenvalue weighted by atomic mass is 9.85. The third kappa shape index (κ3) is 4.25. The van der Waals surface area contributed by atoms with E-state index in [9.17, 15) is 9.59 Å². The second-order valence-corrected chi connectivity index (χ2v) is 8.56. The van der Waals surface area contributed by atoms with Crippen molar-refractivity contribution in [1.29, 1.82) is 0 Å². The molecule has 3 aliphatic heterocycles. The van der Waals surface area contributed by atoms with Crippen molar-refractivity contribution in [3.05, 3.63) is 23.8 Å². The molecule has 3 heterocycles. The van der Waals surface area contributed by atoms with E-state index in [2.05, 4.69) is 10.2 Å². The number of likely N-dealkylation sites (tertiary alicyclic amines) is 2. The van der Waals surface area contributed by atoms with E-state index >= 15 is 0 Å². The molecule has 3 saturated heterocycles. The molecule has 8 heteroatoms. The number of rotatable bonds is 5. The van der Waals surface area contributed by atoms with E-state index in [1.165, 1.54) is 0 Å². The standard InChI is InChI=1S/C22H32N4O4/c1-17-15-18(29-2)3-4-19(17)23-21(28)26-8-6-22(16-26)5-7-25(20(22)27)10-9-24-11-13-30-14-12-24/h3-4,15H,5-14,16H2,1-2H3,(H,23,28). The second-order valence-electron chi connectivity index (χ2n) is 8.56. The fourth-order valence-corrected chi connectivity index (χ4v) is 4.72. The maximum atomic E-state index is 13.2. The van der Waals surface area contributed by atoms with Crippen LogP contribution in [0, 0.1) is 12.3 Å². The fraction of sp³-hybridized carbons (Fsp3) is 0.636. The second kappa shape index (κ2) is 8.81. The number of anilines is 1. The van der Waals surface area contributed by atoms with E-state index in [1.54, 1.807) is 12.0 Å². The van der Waals surface area contributed by atoms with Crippen LogP contribution in [-0.2, 0) is 9.53 Å². The zero-order valence-electron chi connectivity index (χ0n) is 18.0. The van der Waals surface area contributed by atoms with Gasteiger partial charge in [-0.1, -0.05) is 0 Å². The number of carbonyl (C=O) groups excluding carboxylic acids is 2. The van der Waals surface area contributed by atoms with Gasteiger partial charge in [0.2, 0.25) is 5.91 Å². The molecule has 0 saturated carbocycles. The lowest BCUT2D eigenvalue weighted by Crippen LogP contribution is -2.44. The van der Waals surface area contributed by atoms with Gasteiger partial charge in [0.1, 0.15) is 5.75 Å². The van der Waals surface area contributed by atoms with Gasteiger partial charge in [0, 0.05) is 51.5 Å². The smallest absolute Gasteiger partial charge is 0.321 e. The predicted molar refractivity (Wildman–Crippen MR) is 114 cm³/mol. The predicted octanol–water partition coefficient (Wildman–Crippen LogP) is 1.79. The first-order chi connectivity index (χ1) is 14.5. The van der Waals surface area contributed by atoms with E-state index < -0.39 is 5.41 Å². The summed E-state index contributed by atoms with van der Waals surface area (Å²) >= 11 is 0. The number of nitrogens with one attached hydrogen (secondary N) is 1. The minimum Gasteiger partial charge on any atom is -0.497 e. The summed E-state index contributed by atoms with van der Waals surface area (Å²) in [4.78, 5) is 32.1. The zero-order chi connectivity index (χ0) is 21.1. The average molecular weight is 417 g/mol. The number of methoxy groups -OCH3 is 1. The molecule has 0 bridgehead atoms. The van der Waals surface area contributed by atoms with E-state index in [0.717, 1.165) is 75.8 Å². The number of morpholine rings is 1. The van der Waals surface area contributed by atoms with Crippen LogP contribution in [0.3, 0.4) is 0 Å². The van der Waals surface area contributed by atoms with E-state index in [0.29, 0.717) is 13.1 Å². The van der Waals surface area contributed by atoms with Gasteiger partial charge in [-0.25, -0.2) is 4.79 Å². The summed E-state index contributed by atoms with van der Waals surface area (Å²) in [5.74, 6) is 0.978. The SMILES string of the molecule is COc1ccc(NC(=O)N2CCC3(CCN(CCN4CCOCC4)C3=O)C2)c(C)c1. The Hall–Kier alpha value is -2.32. The summed E-state index contributed by atoms with van der Waals surface area (Å²) in [7, 11) is 1.62. The molecule has 30 heavy (non-hydrogen) atoms. The Bertz CT molecular complexity index is 795. The minimum absolute atomic E-state index is 0.139. The summed E-state index contributed by atoms with van der Waals surface area (Å²) < 4.78 is 10.6. The molecule has 1 spiro atoms. The van der Waals surface area contributed by atoms with Crippen LogP contribution in [0.25, 0.3) is 0 Å². The molecule has 0 aromatic heterocycles. The van der Waals surface area contributed by atoms with Gasteiger partial charge in [0.15, 0.2) is 0 Å². The third-order valence-electron chi connectivity index (χ3n) is 6.71. The summed E-state index contributed by atoms with van der Waals surface area (Å²) in [6, 6.07) is 5.45. The number of urea groups is 1. The number of benzene rings is 1. The molecule has 4 rings (SSSR count). The first kappa shape index (κ1) is 20.9. The van der Waals surface area contributed by atoms with Crippen LogP contribution in [0.5, 0.6) is 5.75 Å². The van der Waals surface area contributed by atoms with Crippen molar-refractivity contribution in [3.63, 3.8) is 0 Å². The number of aryl methyl sites for hydroxylation is 1. The molecule has 8 nitrogen and oxygen atoms in total. The van der Waals surface area contributed by atoms with Crippen molar-refractivity contribution in [2.75, 3.05) is 71.5 Å². The number of hydrogen-bond acceptors (Lipinski definition) is 5. The Balaban J connectivity index is 1.31. The average Bonchev–Trinajstić information content (AvgIpc) is 3.33. The zero-order valence-corrected chi connectivity index (χ0v) is 18.0. The molecule has 1 atom stereocenters. The van der Waals surface area contributed by atoms with Crippen molar-refractivity contribution < 1.29 is 19.1 Å². The first-order valence-electron chi connectivity index (χ1n) is 10.8. The molecule has 3 aliphatic rings. The monoisotopic (exact) mass is 416 g/mol. The van der Waals surface area contributed by atoms with E-state index in [-0.39, 0.29) is 11.9 Å². The van der Waals surface area contributed by atoms with Gasteiger partial charge in [-0.15, -0.1) is 0 Å². The highest BCUT2D eigenvalue weighted by Gasteiger charge is 2.51. The number of hydrogen-bond donors (Lipinski definition) is 1. The van der Waals surface area contributed by atoms with Crippen LogP contribution in [0.15, 0.2) is 18.2 Å². The van der Waals surface area contributed by atoms with E-state index in [4.69, 9.17) is 9.47 Å².